The van der Waals surface area contributed by atoms with Crippen molar-refractivity contribution in [1.82, 2.24) is 0 Å². The molecule has 1 aromatic carbocycles. The quantitative estimate of drug-likeness (QED) is 0.876. The Kier molecular flexibility index (Phi) is 4.95. The standard InChI is InChI=1S/C15H18F3NO3/c16-15(17,18)10-22-12-6-2-1-5-11(12)19-13(20)9-14(21)7-3-4-8-14/h1-2,5-6,21H,3-4,7-10H2,(H,19,20). The maximum Gasteiger partial charge on any atom is 0.422 e. The number of anilines is 1. The van der Waals surface area contributed by atoms with Gasteiger partial charge in [-0.05, 0) is 25.0 Å². The van der Waals surface area contributed by atoms with Crippen LogP contribution in [-0.4, -0.2) is 29.4 Å². The zero-order valence-electron chi connectivity index (χ0n) is 11.9. The van der Waals surface area contributed by atoms with E-state index in [1.165, 1.54) is 18.2 Å². The second-order valence-electron chi connectivity index (χ2n) is 5.56. The van der Waals surface area contributed by atoms with Gasteiger partial charge in [-0.1, -0.05) is 25.0 Å². The number of ether oxygens (including phenoxy) is 1. The van der Waals surface area contributed by atoms with E-state index in [1.54, 1.807) is 6.07 Å². The number of hydrogen-bond acceptors (Lipinski definition) is 3. The lowest BCUT2D eigenvalue weighted by Gasteiger charge is -2.21. The van der Waals surface area contributed by atoms with Gasteiger partial charge in [0.25, 0.3) is 0 Å². The van der Waals surface area contributed by atoms with E-state index in [9.17, 15) is 23.1 Å². The predicted octanol–water partition coefficient (Wildman–Crippen LogP) is 3.26. The first-order valence-corrected chi connectivity index (χ1v) is 7.08. The fourth-order valence-electron chi connectivity index (χ4n) is 2.56. The zero-order valence-corrected chi connectivity index (χ0v) is 11.9. The molecule has 4 nitrogen and oxygen atoms in total. The second-order valence-corrected chi connectivity index (χ2v) is 5.56. The van der Waals surface area contributed by atoms with Crippen molar-refractivity contribution in [1.29, 1.82) is 0 Å². The highest BCUT2D eigenvalue weighted by Crippen LogP contribution is 2.33. The van der Waals surface area contributed by atoms with Crippen LogP contribution in [0, 0.1) is 0 Å². The fraction of sp³-hybridized carbons (Fsp3) is 0.533. The Morgan fingerprint density at radius 3 is 2.55 bits per heavy atom. The van der Waals surface area contributed by atoms with Gasteiger partial charge >= 0.3 is 6.18 Å². The average molecular weight is 317 g/mol. The van der Waals surface area contributed by atoms with Crippen molar-refractivity contribution in [2.75, 3.05) is 11.9 Å². The van der Waals surface area contributed by atoms with Crippen LogP contribution in [0.15, 0.2) is 24.3 Å². The summed E-state index contributed by atoms with van der Waals surface area (Å²) in [7, 11) is 0. The smallest absolute Gasteiger partial charge is 0.422 e. The number of aliphatic hydroxyl groups is 1. The van der Waals surface area contributed by atoms with E-state index in [2.05, 4.69) is 5.32 Å². The number of nitrogens with one attached hydrogen (secondary N) is 1. The number of halogens is 3. The molecule has 2 rings (SSSR count). The summed E-state index contributed by atoms with van der Waals surface area (Å²) in [5, 5.41) is 12.7. The molecule has 0 unspecified atom stereocenters. The summed E-state index contributed by atoms with van der Waals surface area (Å²) in [6.07, 6.45) is -1.65. The van der Waals surface area contributed by atoms with Crippen molar-refractivity contribution < 1.29 is 27.8 Å². The minimum atomic E-state index is -4.45. The number of alkyl halides is 3. The Bertz CT molecular complexity index is 525. The predicted molar refractivity (Wildman–Crippen MR) is 74.7 cm³/mol. The van der Waals surface area contributed by atoms with Crippen molar-refractivity contribution >= 4 is 11.6 Å². The lowest BCUT2D eigenvalue weighted by molar-refractivity contribution is -0.153. The Morgan fingerprint density at radius 2 is 1.91 bits per heavy atom. The third kappa shape index (κ3) is 4.91. The van der Waals surface area contributed by atoms with E-state index < -0.39 is 24.3 Å². The first kappa shape index (κ1) is 16.6. The first-order chi connectivity index (χ1) is 10.3. The molecule has 0 atom stereocenters. The number of rotatable bonds is 5. The summed E-state index contributed by atoms with van der Waals surface area (Å²) in [5.41, 5.74) is -0.843. The number of carbonyl (C=O) groups is 1. The largest absolute Gasteiger partial charge is 0.482 e. The van der Waals surface area contributed by atoms with Crippen LogP contribution in [0.5, 0.6) is 5.75 Å². The van der Waals surface area contributed by atoms with Crippen LogP contribution in [0.4, 0.5) is 18.9 Å². The molecule has 1 amide bonds. The molecule has 0 aromatic heterocycles. The maximum atomic E-state index is 12.2. The number of benzene rings is 1. The Balaban J connectivity index is 1.98. The molecule has 0 aliphatic heterocycles. The highest BCUT2D eigenvalue weighted by Gasteiger charge is 2.33. The second kappa shape index (κ2) is 6.56. The summed E-state index contributed by atoms with van der Waals surface area (Å²) in [6.45, 7) is -1.43. The van der Waals surface area contributed by atoms with Gasteiger partial charge in [-0.2, -0.15) is 13.2 Å². The van der Waals surface area contributed by atoms with Gasteiger partial charge in [0.2, 0.25) is 5.91 Å². The van der Waals surface area contributed by atoms with Crippen molar-refractivity contribution in [3.63, 3.8) is 0 Å². The van der Waals surface area contributed by atoms with Crippen molar-refractivity contribution in [2.24, 2.45) is 0 Å². The van der Waals surface area contributed by atoms with Gasteiger partial charge in [0.05, 0.1) is 17.7 Å². The van der Waals surface area contributed by atoms with Crippen LogP contribution in [0.25, 0.3) is 0 Å². The van der Waals surface area contributed by atoms with E-state index in [0.29, 0.717) is 12.8 Å². The van der Waals surface area contributed by atoms with Gasteiger partial charge in [0.15, 0.2) is 6.61 Å². The normalized spacial score (nSPS) is 17.3. The molecule has 0 heterocycles. The van der Waals surface area contributed by atoms with Gasteiger partial charge in [-0.25, -0.2) is 0 Å². The molecule has 0 radical (unpaired) electrons. The monoisotopic (exact) mass is 317 g/mol. The van der Waals surface area contributed by atoms with Gasteiger partial charge in [-0.3, -0.25) is 4.79 Å². The minimum absolute atomic E-state index is 0.0495. The molecule has 7 heteroatoms. The molecule has 122 valence electrons. The van der Waals surface area contributed by atoms with Crippen molar-refractivity contribution in [3.8, 4) is 5.75 Å². The van der Waals surface area contributed by atoms with Crippen LogP contribution in [0.1, 0.15) is 32.1 Å². The molecule has 1 aromatic rings. The van der Waals surface area contributed by atoms with E-state index in [-0.39, 0.29) is 17.9 Å². The number of carbonyl (C=O) groups excluding carboxylic acids is 1. The van der Waals surface area contributed by atoms with Crippen LogP contribution in [-0.2, 0) is 4.79 Å². The van der Waals surface area contributed by atoms with E-state index in [0.717, 1.165) is 12.8 Å². The summed E-state index contributed by atoms with van der Waals surface area (Å²) in [5.74, 6) is -0.487. The number of para-hydroxylation sites is 2. The van der Waals surface area contributed by atoms with Crippen molar-refractivity contribution in [2.45, 2.75) is 43.9 Å². The Morgan fingerprint density at radius 1 is 1.27 bits per heavy atom. The highest BCUT2D eigenvalue weighted by atomic mass is 19.4. The molecule has 1 aliphatic carbocycles. The molecule has 0 bridgehead atoms. The SMILES string of the molecule is O=C(CC1(O)CCCC1)Nc1ccccc1OCC(F)(F)F. The van der Waals surface area contributed by atoms with Gasteiger partial charge in [0, 0.05) is 0 Å². The van der Waals surface area contributed by atoms with Gasteiger partial charge in [-0.15, -0.1) is 0 Å². The third-order valence-electron chi connectivity index (χ3n) is 3.58. The molecular formula is C15H18F3NO3. The Hall–Kier alpha value is -1.76. The molecule has 22 heavy (non-hydrogen) atoms. The van der Waals surface area contributed by atoms with Gasteiger partial charge < -0.3 is 15.2 Å². The lowest BCUT2D eigenvalue weighted by Crippen LogP contribution is -2.31. The van der Waals surface area contributed by atoms with Crippen LogP contribution >= 0.6 is 0 Å². The zero-order chi connectivity index (χ0) is 16.2. The van der Waals surface area contributed by atoms with Crippen LogP contribution < -0.4 is 10.1 Å². The highest BCUT2D eigenvalue weighted by molar-refractivity contribution is 5.92. The van der Waals surface area contributed by atoms with E-state index in [4.69, 9.17) is 4.74 Å². The summed E-state index contributed by atoms with van der Waals surface area (Å²) in [6, 6.07) is 5.92. The molecule has 1 fully saturated rings. The third-order valence-corrected chi connectivity index (χ3v) is 3.58. The molecule has 0 saturated heterocycles. The minimum Gasteiger partial charge on any atom is -0.482 e. The van der Waals surface area contributed by atoms with Crippen molar-refractivity contribution in [3.05, 3.63) is 24.3 Å². The maximum absolute atomic E-state index is 12.2. The topological polar surface area (TPSA) is 58.6 Å². The molecule has 1 saturated carbocycles. The van der Waals surface area contributed by atoms with E-state index in [1.807, 2.05) is 0 Å². The summed E-state index contributed by atoms with van der Waals surface area (Å²) < 4.78 is 41.3. The summed E-state index contributed by atoms with van der Waals surface area (Å²) in [4.78, 5) is 12.0. The first-order valence-electron chi connectivity index (χ1n) is 7.08. The fourth-order valence-corrected chi connectivity index (χ4v) is 2.56. The molecule has 1 aliphatic rings. The number of amides is 1. The van der Waals surface area contributed by atoms with E-state index >= 15 is 0 Å². The van der Waals surface area contributed by atoms with Crippen LogP contribution in [0.3, 0.4) is 0 Å². The lowest BCUT2D eigenvalue weighted by atomic mass is 9.97. The molecule has 2 N–H and O–H groups in total. The van der Waals surface area contributed by atoms with Crippen LogP contribution in [0.2, 0.25) is 0 Å². The number of hydrogen-bond donors (Lipinski definition) is 2. The average Bonchev–Trinajstić information content (AvgIpc) is 2.83. The molecular weight excluding hydrogens is 299 g/mol. The Labute approximate surface area is 126 Å². The summed E-state index contributed by atoms with van der Waals surface area (Å²) >= 11 is 0. The molecule has 0 spiro atoms. The van der Waals surface area contributed by atoms with Gasteiger partial charge in [0.1, 0.15) is 5.75 Å².